The van der Waals surface area contributed by atoms with E-state index in [1.807, 2.05) is 24.3 Å². The number of hydrogen-bond acceptors (Lipinski definition) is 5. The molecule has 1 aliphatic carbocycles. The highest BCUT2D eigenvalue weighted by molar-refractivity contribution is 5.95. The Labute approximate surface area is 167 Å². The summed E-state index contributed by atoms with van der Waals surface area (Å²) < 4.78 is 12.3. The van der Waals surface area contributed by atoms with Crippen LogP contribution in [0, 0.1) is 0 Å². The molecule has 1 amide bonds. The number of hydrogen-bond donors (Lipinski definition) is 1. The molecule has 1 fully saturated rings. The van der Waals surface area contributed by atoms with Crippen LogP contribution in [-0.2, 0) is 6.54 Å². The Kier molecular flexibility index (Phi) is 4.42. The van der Waals surface area contributed by atoms with E-state index in [0.717, 1.165) is 31.1 Å². The van der Waals surface area contributed by atoms with E-state index in [9.17, 15) is 9.59 Å². The Balaban J connectivity index is 1.44. The standard InChI is InChI=1S/C22H21N3O4/c26-21(14-9-10-19-20(11-14)29-13-28-19)23-12-18-16-7-3-4-8-17(16)22(27)25(24-18)15-5-1-2-6-15/h3-4,7-11,15H,1-2,5-6,12-13H2,(H,23,26). The predicted molar refractivity (Wildman–Crippen MR) is 107 cm³/mol. The molecule has 2 aromatic carbocycles. The number of amides is 1. The van der Waals surface area contributed by atoms with Gasteiger partial charge < -0.3 is 14.8 Å². The van der Waals surface area contributed by atoms with Crippen molar-refractivity contribution < 1.29 is 14.3 Å². The third kappa shape index (κ3) is 3.22. The number of nitrogens with one attached hydrogen (secondary N) is 1. The lowest BCUT2D eigenvalue weighted by atomic mass is 10.1. The number of carbonyl (C=O) groups excluding carboxylic acids is 1. The van der Waals surface area contributed by atoms with Gasteiger partial charge in [-0.25, -0.2) is 4.68 Å². The Hall–Kier alpha value is -3.35. The minimum atomic E-state index is -0.229. The lowest BCUT2D eigenvalue weighted by Gasteiger charge is -2.16. The van der Waals surface area contributed by atoms with E-state index in [-0.39, 0.29) is 30.8 Å². The minimum Gasteiger partial charge on any atom is -0.454 e. The summed E-state index contributed by atoms with van der Waals surface area (Å²) in [6, 6.07) is 12.7. The molecule has 29 heavy (non-hydrogen) atoms. The summed E-state index contributed by atoms with van der Waals surface area (Å²) in [5, 5.41) is 8.99. The first-order valence-corrected chi connectivity index (χ1v) is 9.89. The van der Waals surface area contributed by atoms with Gasteiger partial charge in [-0.2, -0.15) is 5.10 Å². The zero-order valence-electron chi connectivity index (χ0n) is 15.9. The summed E-state index contributed by atoms with van der Waals surface area (Å²) in [6.45, 7) is 0.403. The second kappa shape index (κ2) is 7.24. The van der Waals surface area contributed by atoms with Gasteiger partial charge in [0, 0.05) is 10.9 Å². The molecule has 7 nitrogen and oxygen atoms in total. The maximum atomic E-state index is 12.9. The van der Waals surface area contributed by atoms with Gasteiger partial charge in [-0.3, -0.25) is 9.59 Å². The van der Waals surface area contributed by atoms with Crippen LogP contribution >= 0.6 is 0 Å². The predicted octanol–water partition coefficient (Wildman–Crippen LogP) is 3.17. The number of benzene rings is 2. The molecule has 2 aliphatic rings. The Morgan fingerprint density at radius 2 is 1.83 bits per heavy atom. The molecule has 1 saturated carbocycles. The molecule has 1 aromatic heterocycles. The highest BCUT2D eigenvalue weighted by Crippen LogP contribution is 2.32. The summed E-state index contributed by atoms with van der Waals surface area (Å²) in [5.74, 6) is 0.974. The monoisotopic (exact) mass is 391 g/mol. The first-order valence-electron chi connectivity index (χ1n) is 9.89. The number of aromatic nitrogens is 2. The van der Waals surface area contributed by atoms with Gasteiger partial charge in [0.15, 0.2) is 11.5 Å². The summed E-state index contributed by atoms with van der Waals surface area (Å²) >= 11 is 0. The van der Waals surface area contributed by atoms with Crippen LogP contribution < -0.4 is 20.3 Å². The molecule has 0 unspecified atom stereocenters. The fourth-order valence-corrected chi connectivity index (χ4v) is 4.10. The molecule has 148 valence electrons. The zero-order chi connectivity index (χ0) is 19.8. The van der Waals surface area contributed by atoms with Crippen LogP contribution in [0.15, 0.2) is 47.3 Å². The largest absolute Gasteiger partial charge is 0.454 e. The number of ether oxygens (including phenoxy) is 2. The molecule has 7 heteroatoms. The maximum absolute atomic E-state index is 12.9. The Morgan fingerprint density at radius 1 is 1.07 bits per heavy atom. The van der Waals surface area contributed by atoms with Gasteiger partial charge in [0.05, 0.1) is 23.7 Å². The highest BCUT2D eigenvalue weighted by atomic mass is 16.7. The van der Waals surface area contributed by atoms with Crippen LogP contribution in [0.2, 0.25) is 0 Å². The fourth-order valence-electron chi connectivity index (χ4n) is 4.10. The molecule has 0 radical (unpaired) electrons. The number of carbonyl (C=O) groups is 1. The summed E-state index contributed by atoms with van der Waals surface area (Å²) in [5.41, 5.74) is 1.13. The number of fused-ring (bicyclic) bond motifs is 2. The van der Waals surface area contributed by atoms with Crippen LogP contribution in [0.4, 0.5) is 0 Å². The molecule has 3 aromatic rings. The molecule has 1 aliphatic heterocycles. The fraction of sp³-hybridized carbons (Fsp3) is 0.318. The van der Waals surface area contributed by atoms with Gasteiger partial charge in [-0.15, -0.1) is 0 Å². The van der Waals surface area contributed by atoms with Gasteiger partial charge in [-0.05, 0) is 37.1 Å². The van der Waals surface area contributed by atoms with Gasteiger partial charge in [-0.1, -0.05) is 31.0 Å². The third-order valence-electron chi connectivity index (χ3n) is 5.63. The van der Waals surface area contributed by atoms with Gasteiger partial charge in [0.1, 0.15) is 0 Å². The van der Waals surface area contributed by atoms with E-state index < -0.39 is 0 Å². The molecule has 1 N–H and O–H groups in total. The van der Waals surface area contributed by atoms with Crippen molar-refractivity contribution in [2.45, 2.75) is 38.3 Å². The molecule has 5 rings (SSSR count). The smallest absolute Gasteiger partial charge is 0.274 e. The average molecular weight is 391 g/mol. The van der Waals surface area contributed by atoms with E-state index in [0.29, 0.717) is 28.1 Å². The van der Waals surface area contributed by atoms with Crippen molar-refractivity contribution in [2.75, 3.05) is 6.79 Å². The molecule has 0 atom stereocenters. The second-order valence-electron chi connectivity index (χ2n) is 7.43. The van der Waals surface area contributed by atoms with Crippen molar-refractivity contribution in [2.24, 2.45) is 0 Å². The van der Waals surface area contributed by atoms with Crippen molar-refractivity contribution >= 4 is 16.7 Å². The molecule has 0 bridgehead atoms. The molecular formula is C22H21N3O4. The van der Waals surface area contributed by atoms with E-state index in [4.69, 9.17) is 9.47 Å². The molecule has 0 spiro atoms. The normalized spacial score (nSPS) is 15.7. The third-order valence-corrected chi connectivity index (χ3v) is 5.63. The number of rotatable bonds is 4. The maximum Gasteiger partial charge on any atom is 0.274 e. The van der Waals surface area contributed by atoms with E-state index >= 15 is 0 Å². The average Bonchev–Trinajstić information content (AvgIpc) is 3.44. The van der Waals surface area contributed by atoms with Crippen molar-refractivity contribution in [1.29, 1.82) is 0 Å². The van der Waals surface area contributed by atoms with Crippen molar-refractivity contribution in [3.63, 3.8) is 0 Å². The molecule has 2 heterocycles. The lowest BCUT2D eigenvalue weighted by Crippen LogP contribution is -2.30. The number of nitrogens with zero attached hydrogens (tertiary/aromatic N) is 2. The van der Waals surface area contributed by atoms with Crippen LogP contribution in [0.5, 0.6) is 11.5 Å². The lowest BCUT2D eigenvalue weighted by molar-refractivity contribution is 0.0950. The zero-order valence-corrected chi connectivity index (χ0v) is 15.9. The second-order valence-corrected chi connectivity index (χ2v) is 7.43. The van der Waals surface area contributed by atoms with Crippen LogP contribution in [0.1, 0.15) is 47.8 Å². The molecular weight excluding hydrogens is 370 g/mol. The van der Waals surface area contributed by atoms with Crippen LogP contribution in [0.3, 0.4) is 0 Å². The first kappa shape index (κ1) is 17.7. The Morgan fingerprint density at radius 3 is 2.66 bits per heavy atom. The summed E-state index contributed by atoms with van der Waals surface area (Å²) in [4.78, 5) is 25.6. The highest BCUT2D eigenvalue weighted by Gasteiger charge is 2.22. The van der Waals surface area contributed by atoms with Crippen molar-refractivity contribution in [3.8, 4) is 11.5 Å². The SMILES string of the molecule is O=C(NCc1nn(C2CCCC2)c(=O)c2ccccc12)c1ccc2c(c1)OCO2. The van der Waals surface area contributed by atoms with Crippen LogP contribution in [0.25, 0.3) is 10.8 Å². The van der Waals surface area contributed by atoms with E-state index in [1.165, 1.54) is 0 Å². The quantitative estimate of drug-likeness (QED) is 0.739. The van der Waals surface area contributed by atoms with Gasteiger partial charge >= 0.3 is 0 Å². The minimum absolute atomic E-state index is 0.0571. The van der Waals surface area contributed by atoms with Gasteiger partial charge in [0.2, 0.25) is 6.79 Å². The van der Waals surface area contributed by atoms with E-state index in [1.54, 1.807) is 22.9 Å². The van der Waals surface area contributed by atoms with Gasteiger partial charge in [0.25, 0.3) is 11.5 Å². The molecule has 0 saturated heterocycles. The summed E-state index contributed by atoms with van der Waals surface area (Å²) in [6.07, 6.45) is 4.16. The van der Waals surface area contributed by atoms with E-state index in [2.05, 4.69) is 10.4 Å². The Bertz CT molecular complexity index is 1150. The van der Waals surface area contributed by atoms with Crippen molar-refractivity contribution in [1.82, 2.24) is 15.1 Å². The topological polar surface area (TPSA) is 82.5 Å². The summed E-state index contributed by atoms with van der Waals surface area (Å²) in [7, 11) is 0. The van der Waals surface area contributed by atoms with Crippen LogP contribution in [-0.4, -0.2) is 22.5 Å². The van der Waals surface area contributed by atoms with Crippen molar-refractivity contribution in [3.05, 3.63) is 64.1 Å². The first-order chi connectivity index (χ1) is 14.2.